The monoisotopic (exact) mass is 782 g/mol. The molecule has 5 heteroatoms. The maximum absolute atomic E-state index is 5.27. The zero-order chi connectivity index (χ0) is 39.6. The molecule has 12 rings (SSSR count). The summed E-state index contributed by atoms with van der Waals surface area (Å²) in [6.07, 6.45) is 0. The van der Waals surface area contributed by atoms with Crippen molar-refractivity contribution in [3.8, 4) is 62.1 Å². The second kappa shape index (κ2) is 14.0. The van der Waals surface area contributed by atoms with Gasteiger partial charge in [0.15, 0.2) is 17.5 Å². The van der Waals surface area contributed by atoms with Crippen LogP contribution in [-0.4, -0.2) is 19.5 Å². The summed E-state index contributed by atoms with van der Waals surface area (Å²) in [5, 5.41) is 7.44. The number of fused-ring (bicyclic) bond motifs is 7. The zero-order valence-electron chi connectivity index (χ0n) is 32.3. The predicted octanol–water partition coefficient (Wildman–Crippen LogP) is 14.8. The molecule has 0 aliphatic carbocycles. The van der Waals surface area contributed by atoms with Crippen LogP contribution in [0.3, 0.4) is 0 Å². The number of rotatable bonds is 6. The molecule has 12 aromatic rings. The van der Waals surface area contributed by atoms with Crippen molar-refractivity contribution in [3.63, 3.8) is 0 Å². The molecule has 0 aliphatic heterocycles. The molecule has 9 aromatic carbocycles. The van der Waals surface area contributed by atoms with Crippen molar-refractivity contribution >= 4 is 64.1 Å². The molecular formula is C55H34N4S. The highest BCUT2D eigenvalue weighted by atomic mass is 32.1. The number of thiophene rings is 1. The van der Waals surface area contributed by atoms with Crippen LogP contribution in [-0.2, 0) is 0 Å². The molecule has 4 nitrogen and oxygen atoms in total. The van der Waals surface area contributed by atoms with E-state index in [1.165, 1.54) is 41.7 Å². The van der Waals surface area contributed by atoms with E-state index in [1.807, 2.05) is 29.5 Å². The van der Waals surface area contributed by atoms with Crippen LogP contribution in [0.1, 0.15) is 0 Å². The molecule has 3 aromatic heterocycles. The molecule has 0 N–H and O–H groups in total. The topological polar surface area (TPSA) is 43.6 Å². The maximum Gasteiger partial charge on any atom is 0.164 e. The predicted molar refractivity (Wildman–Crippen MR) is 252 cm³/mol. The van der Waals surface area contributed by atoms with Crippen molar-refractivity contribution in [2.45, 2.75) is 0 Å². The third-order valence-corrected chi connectivity index (χ3v) is 12.8. The largest absolute Gasteiger partial charge is 0.309 e. The smallest absolute Gasteiger partial charge is 0.164 e. The quantitative estimate of drug-likeness (QED) is 0.169. The van der Waals surface area contributed by atoms with Gasteiger partial charge in [0, 0.05) is 53.2 Å². The first kappa shape index (κ1) is 34.3. The van der Waals surface area contributed by atoms with Gasteiger partial charge in [-0.1, -0.05) is 164 Å². The Kier molecular flexibility index (Phi) is 8.00. The molecule has 60 heavy (non-hydrogen) atoms. The first-order chi connectivity index (χ1) is 29.7. The van der Waals surface area contributed by atoms with Gasteiger partial charge in [0.2, 0.25) is 0 Å². The highest BCUT2D eigenvalue weighted by Crippen LogP contribution is 2.41. The van der Waals surface area contributed by atoms with Crippen molar-refractivity contribution in [3.05, 3.63) is 206 Å². The van der Waals surface area contributed by atoms with Crippen molar-refractivity contribution < 1.29 is 0 Å². The molecule has 0 saturated heterocycles. The molecule has 0 unspecified atom stereocenters. The first-order valence-corrected chi connectivity index (χ1v) is 21.0. The standard InChI is InChI=1S/C55H34N4S/c1-3-14-35(15-4-1)43-28-27-42(33-49(43)59-48-24-11-9-22-44(48)47-31-38-18-7-8-19-39(38)32-50(47)59)55-57-53(36-16-5-2-6-17-36)56-54(58-55)41-21-13-20-37(30-41)40-26-29-46-45-23-10-12-25-51(45)60-52(46)34-40/h1-34H. The number of benzene rings is 9. The molecule has 0 atom stereocenters. The van der Waals surface area contributed by atoms with Gasteiger partial charge in [0.25, 0.3) is 0 Å². The molecule has 3 heterocycles. The fourth-order valence-corrected chi connectivity index (χ4v) is 9.87. The van der Waals surface area contributed by atoms with Crippen molar-refractivity contribution in [1.82, 2.24) is 19.5 Å². The van der Waals surface area contributed by atoms with E-state index < -0.39 is 0 Å². The third kappa shape index (κ3) is 5.78. The summed E-state index contributed by atoms with van der Waals surface area (Å²) in [6, 6.07) is 73.4. The number of aromatic nitrogens is 4. The Bertz CT molecular complexity index is 3610. The van der Waals surface area contributed by atoms with Crippen molar-refractivity contribution in [2.75, 3.05) is 0 Å². The molecular weight excluding hydrogens is 749 g/mol. The normalized spacial score (nSPS) is 11.7. The van der Waals surface area contributed by atoms with E-state index in [-0.39, 0.29) is 0 Å². The van der Waals surface area contributed by atoms with Crippen LogP contribution >= 0.6 is 11.3 Å². The number of hydrogen-bond acceptors (Lipinski definition) is 4. The van der Waals surface area contributed by atoms with E-state index in [9.17, 15) is 0 Å². The van der Waals surface area contributed by atoms with Crippen LogP contribution < -0.4 is 0 Å². The fourth-order valence-electron chi connectivity index (χ4n) is 8.73. The summed E-state index contributed by atoms with van der Waals surface area (Å²) >= 11 is 1.84. The van der Waals surface area contributed by atoms with Gasteiger partial charge in [0.05, 0.1) is 16.7 Å². The SMILES string of the molecule is c1ccc(-c2nc(-c3cccc(-c4ccc5c(c4)sc4ccccc45)c3)nc(-c3ccc(-c4ccccc4)c(-n4c5ccccc5c5cc6ccccc6cc54)c3)n2)cc1. The van der Waals surface area contributed by atoms with Gasteiger partial charge in [-0.2, -0.15) is 0 Å². The molecule has 0 amide bonds. The summed E-state index contributed by atoms with van der Waals surface area (Å²) in [6.45, 7) is 0. The van der Waals surface area contributed by atoms with E-state index in [0.717, 1.165) is 55.7 Å². The summed E-state index contributed by atoms with van der Waals surface area (Å²) in [5.41, 5.74) is 10.7. The van der Waals surface area contributed by atoms with Crippen LogP contribution in [0.4, 0.5) is 0 Å². The van der Waals surface area contributed by atoms with Crippen LogP contribution in [0.15, 0.2) is 206 Å². The van der Waals surface area contributed by atoms with Crippen LogP contribution in [0.2, 0.25) is 0 Å². The Labute approximate surface area is 350 Å². The Morgan fingerprint density at radius 1 is 0.317 bits per heavy atom. The van der Waals surface area contributed by atoms with Crippen LogP contribution in [0.25, 0.3) is 115 Å². The highest BCUT2D eigenvalue weighted by molar-refractivity contribution is 7.25. The lowest BCUT2D eigenvalue weighted by Gasteiger charge is -2.16. The molecule has 280 valence electrons. The average Bonchev–Trinajstić information content (AvgIpc) is 3.86. The fraction of sp³-hybridized carbons (Fsp3) is 0. The van der Waals surface area contributed by atoms with Crippen molar-refractivity contribution in [1.29, 1.82) is 0 Å². The van der Waals surface area contributed by atoms with E-state index in [1.54, 1.807) is 0 Å². The average molecular weight is 783 g/mol. The highest BCUT2D eigenvalue weighted by Gasteiger charge is 2.20. The van der Waals surface area contributed by atoms with Gasteiger partial charge in [-0.25, -0.2) is 15.0 Å². The molecule has 0 saturated carbocycles. The number of nitrogens with zero attached hydrogens (tertiary/aromatic N) is 4. The lowest BCUT2D eigenvalue weighted by Crippen LogP contribution is -2.02. The van der Waals surface area contributed by atoms with Crippen molar-refractivity contribution in [2.24, 2.45) is 0 Å². The second-order valence-electron chi connectivity index (χ2n) is 15.2. The summed E-state index contributed by atoms with van der Waals surface area (Å²) in [4.78, 5) is 15.6. The van der Waals surface area contributed by atoms with E-state index in [2.05, 4.69) is 193 Å². The number of hydrogen-bond donors (Lipinski definition) is 0. The van der Waals surface area contributed by atoms with Gasteiger partial charge < -0.3 is 4.57 Å². The van der Waals surface area contributed by atoms with Gasteiger partial charge in [0.1, 0.15) is 0 Å². The van der Waals surface area contributed by atoms with Crippen LogP contribution in [0, 0.1) is 0 Å². The van der Waals surface area contributed by atoms with E-state index >= 15 is 0 Å². The summed E-state index contributed by atoms with van der Waals surface area (Å²) in [5.74, 6) is 1.87. The Morgan fingerprint density at radius 2 is 0.883 bits per heavy atom. The Morgan fingerprint density at radius 3 is 1.68 bits per heavy atom. The first-order valence-electron chi connectivity index (χ1n) is 20.2. The number of para-hydroxylation sites is 1. The third-order valence-electron chi connectivity index (χ3n) is 11.6. The zero-order valence-corrected chi connectivity index (χ0v) is 33.1. The summed E-state index contributed by atoms with van der Waals surface area (Å²) < 4.78 is 5.00. The lowest BCUT2D eigenvalue weighted by molar-refractivity contribution is 1.07. The second-order valence-corrected chi connectivity index (χ2v) is 16.3. The molecule has 0 radical (unpaired) electrons. The minimum Gasteiger partial charge on any atom is -0.309 e. The van der Waals surface area contributed by atoms with Gasteiger partial charge in [-0.05, 0) is 69.9 Å². The van der Waals surface area contributed by atoms with Gasteiger partial charge >= 0.3 is 0 Å². The maximum atomic E-state index is 5.27. The minimum absolute atomic E-state index is 0.614. The van der Waals surface area contributed by atoms with Gasteiger partial charge in [-0.15, -0.1) is 11.3 Å². The minimum atomic E-state index is 0.614. The van der Waals surface area contributed by atoms with Gasteiger partial charge in [-0.3, -0.25) is 0 Å². The lowest BCUT2D eigenvalue weighted by atomic mass is 10.00. The molecule has 0 bridgehead atoms. The molecule has 0 fully saturated rings. The Balaban J connectivity index is 1.06. The van der Waals surface area contributed by atoms with E-state index in [4.69, 9.17) is 15.0 Å². The van der Waals surface area contributed by atoms with E-state index in [0.29, 0.717) is 17.5 Å². The molecule has 0 spiro atoms. The van der Waals surface area contributed by atoms with Crippen LogP contribution in [0.5, 0.6) is 0 Å². The Hall–Kier alpha value is -7.73. The summed E-state index contributed by atoms with van der Waals surface area (Å²) in [7, 11) is 0. The molecule has 0 aliphatic rings.